The minimum atomic E-state index is -2.40. The number of aromatic nitrogens is 3. The molecule has 3 aromatic rings. The smallest absolute Gasteiger partial charge is 0.242 e. The van der Waals surface area contributed by atoms with E-state index in [1.165, 1.54) is 23.5 Å². The van der Waals surface area contributed by atoms with Crippen LogP contribution in [0.4, 0.5) is 13.2 Å². The minimum absolute atomic E-state index is 0.194. The summed E-state index contributed by atoms with van der Waals surface area (Å²) in [6.45, 7) is 3.69. The molecule has 0 saturated heterocycles. The van der Waals surface area contributed by atoms with Gasteiger partial charge in [-0.1, -0.05) is 17.7 Å². The Morgan fingerprint density at radius 1 is 1.21 bits per heavy atom. The van der Waals surface area contributed by atoms with Gasteiger partial charge >= 0.3 is 0 Å². The molecule has 0 unspecified atom stereocenters. The van der Waals surface area contributed by atoms with Gasteiger partial charge in [0.15, 0.2) is 5.82 Å². The number of alkyl halides is 2. The van der Waals surface area contributed by atoms with Crippen molar-refractivity contribution in [1.82, 2.24) is 14.8 Å². The van der Waals surface area contributed by atoms with Crippen LogP contribution in [0.3, 0.4) is 0 Å². The number of rotatable bonds is 2. The van der Waals surface area contributed by atoms with Crippen molar-refractivity contribution in [2.45, 2.75) is 39.2 Å². The van der Waals surface area contributed by atoms with Gasteiger partial charge in [0.1, 0.15) is 22.7 Å². The van der Waals surface area contributed by atoms with Gasteiger partial charge in [-0.05, 0) is 44.4 Å². The Balaban J connectivity index is 1.82. The third kappa shape index (κ3) is 2.76. The molecule has 29 heavy (non-hydrogen) atoms. The van der Waals surface area contributed by atoms with Crippen molar-refractivity contribution < 1.29 is 13.2 Å². The van der Waals surface area contributed by atoms with Crippen molar-refractivity contribution in [2.75, 3.05) is 0 Å². The van der Waals surface area contributed by atoms with Crippen LogP contribution >= 0.6 is 22.9 Å². The highest BCUT2D eigenvalue weighted by atomic mass is 35.5. The standard InChI is InChI=1S/C20H16ClF3N4S/c1-8-19-27-26-9(2)28(19)20-15(11-6-10(18(23)24)7-14(11)29-20)17(25-8)16-12(21)4-3-5-13(16)22/h3-5,8,10,18H,6-7H2,1-2H3/t8-,10+/m0/s1. The molecule has 0 radical (unpaired) electrons. The number of aryl methyl sites for hydroxylation is 1. The Bertz CT molecular complexity index is 1150. The summed E-state index contributed by atoms with van der Waals surface area (Å²) in [6.07, 6.45) is -1.87. The van der Waals surface area contributed by atoms with E-state index < -0.39 is 24.2 Å². The van der Waals surface area contributed by atoms with Crippen molar-refractivity contribution in [3.63, 3.8) is 0 Å². The second kappa shape index (κ2) is 6.67. The monoisotopic (exact) mass is 436 g/mol. The number of aliphatic imine (C=N–C) groups is 1. The largest absolute Gasteiger partial charge is 0.273 e. The van der Waals surface area contributed by atoms with Crippen LogP contribution in [-0.2, 0) is 12.8 Å². The van der Waals surface area contributed by atoms with E-state index in [4.69, 9.17) is 16.6 Å². The molecule has 2 atom stereocenters. The lowest BCUT2D eigenvalue weighted by Crippen LogP contribution is -2.14. The first-order chi connectivity index (χ1) is 13.9. The molecule has 0 fully saturated rings. The van der Waals surface area contributed by atoms with Crippen LogP contribution in [0, 0.1) is 18.7 Å². The first kappa shape index (κ1) is 18.8. The van der Waals surface area contributed by atoms with Gasteiger partial charge < -0.3 is 0 Å². The zero-order valence-corrected chi connectivity index (χ0v) is 17.2. The highest BCUT2D eigenvalue weighted by Gasteiger charge is 2.38. The zero-order chi connectivity index (χ0) is 20.4. The Hall–Kier alpha value is -2.19. The average Bonchev–Trinajstić information content (AvgIpc) is 3.30. The average molecular weight is 437 g/mol. The Labute approximate surface area is 174 Å². The SMILES string of the molecule is Cc1nnc2n1-c1sc3c(c1C(c1c(F)cccc1Cl)=N[C@H]2C)C[C@@H](C(F)F)C3. The zero-order valence-electron chi connectivity index (χ0n) is 15.6. The molecule has 150 valence electrons. The molecular weight excluding hydrogens is 421 g/mol. The summed E-state index contributed by atoms with van der Waals surface area (Å²) in [5.74, 6) is 0.0826. The third-order valence-corrected chi connectivity index (χ3v) is 7.08. The Morgan fingerprint density at radius 2 is 2.00 bits per heavy atom. The molecule has 0 saturated carbocycles. The summed E-state index contributed by atoms with van der Waals surface area (Å²) in [6, 6.07) is 4.08. The lowest BCUT2D eigenvalue weighted by Gasteiger charge is -2.13. The van der Waals surface area contributed by atoms with Crippen molar-refractivity contribution in [3.05, 3.63) is 62.3 Å². The number of hydrogen-bond acceptors (Lipinski definition) is 4. The fourth-order valence-corrected chi connectivity index (χ4v) is 5.89. The van der Waals surface area contributed by atoms with Gasteiger partial charge in [-0.3, -0.25) is 9.56 Å². The van der Waals surface area contributed by atoms with E-state index in [9.17, 15) is 13.2 Å². The summed E-state index contributed by atoms with van der Waals surface area (Å²) >= 11 is 7.81. The summed E-state index contributed by atoms with van der Waals surface area (Å²) in [4.78, 5) is 5.65. The molecule has 3 heterocycles. The number of thiophene rings is 1. The topological polar surface area (TPSA) is 43.1 Å². The molecule has 0 bridgehead atoms. The Kier molecular flexibility index (Phi) is 4.33. The van der Waals surface area contributed by atoms with Crippen LogP contribution in [0.5, 0.6) is 0 Å². The van der Waals surface area contributed by atoms with E-state index in [0.717, 1.165) is 15.4 Å². The predicted molar refractivity (Wildman–Crippen MR) is 106 cm³/mol. The van der Waals surface area contributed by atoms with Crippen molar-refractivity contribution in [1.29, 1.82) is 0 Å². The second-order valence-electron chi connectivity index (χ2n) is 7.38. The molecular formula is C20H16ClF3N4S. The van der Waals surface area contributed by atoms with Gasteiger partial charge in [-0.15, -0.1) is 21.5 Å². The van der Waals surface area contributed by atoms with Crippen LogP contribution < -0.4 is 0 Å². The Morgan fingerprint density at radius 3 is 2.72 bits per heavy atom. The maximum Gasteiger partial charge on any atom is 0.242 e. The molecule has 4 nitrogen and oxygen atoms in total. The van der Waals surface area contributed by atoms with Crippen molar-refractivity contribution in [2.24, 2.45) is 10.9 Å². The van der Waals surface area contributed by atoms with Crippen LogP contribution in [0.1, 0.15) is 46.2 Å². The van der Waals surface area contributed by atoms with Gasteiger partial charge in [0, 0.05) is 16.4 Å². The maximum absolute atomic E-state index is 14.9. The molecule has 1 aromatic carbocycles. The molecule has 1 aliphatic heterocycles. The fourth-order valence-electron chi connectivity index (χ4n) is 4.16. The van der Waals surface area contributed by atoms with Gasteiger partial charge in [0.25, 0.3) is 0 Å². The second-order valence-corrected chi connectivity index (χ2v) is 8.87. The lowest BCUT2D eigenvalue weighted by molar-refractivity contribution is 0.0826. The van der Waals surface area contributed by atoms with E-state index in [0.29, 0.717) is 29.3 Å². The van der Waals surface area contributed by atoms with Crippen molar-refractivity contribution in [3.8, 4) is 5.00 Å². The van der Waals surface area contributed by atoms with Gasteiger partial charge in [0.2, 0.25) is 6.43 Å². The minimum Gasteiger partial charge on any atom is -0.273 e. The van der Waals surface area contributed by atoms with Crippen LogP contribution in [0.2, 0.25) is 5.02 Å². The first-order valence-electron chi connectivity index (χ1n) is 9.24. The van der Waals surface area contributed by atoms with Crippen LogP contribution in [-0.4, -0.2) is 26.9 Å². The van der Waals surface area contributed by atoms with Gasteiger partial charge in [-0.25, -0.2) is 13.2 Å². The van der Waals surface area contributed by atoms with E-state index in [1.54, 1.807) is 6.07 Å². The van der Waals surface area contributed by atoms with Gasteiger partial charge in [0.05, 0.1) is 16.3 Å². The maximum atomic E-state index is 14.9. The molecule has 2 aliphatic rings. The summed E-state index contributed by atoms with van der Waals surface area (Å²) in [5.41, 5.74) is 2.07. The highest BCUT2D eigenvalue weighted by Crippen LogP contribution is 2.45. The van der Waals surface area contributed by atoms with E-state index in [-0.39, 0.29) is 17.0 Å². The predicted octanol–water partition coefficient (Wildman–Crippen LogP) is 5.32. The molecule has 9 heteroatoms. The molecule has 2 aromatic heterocycles. The van der Waals surface area contributed by atoms with Crippen LogP contribution in [0.15, 0.2) is 23.2 Å². The van der Waals surface area contributed by atoms with E-state index in [2.05, 4.69) is 10.2 Å². The molecule has 0 N–H and O–H groups in total. The summed E-state index contributed by atoms with van der Waals surface area (Å²) in [5, 5.41) is 9.47. The number of halogens is 4. The normalized spacial score (nSPS) is 20.3. The van der Waals surface area contributed by atoms with Crippen molar-refractivity contribution >= 4 is 28.6 Å². The number of fused-ring (bicyclic) bond motifs is 5. The molecule has 1 aliphatic carbocycles. The van der Waals surface area contributed by atoms with Crippen LogP contribution in [0.25, 0.3) is 5.00 Å². The fraction of sp³-hybridized carbons (Fsp3) is 0.350. The molecule has 0 spiro atoms. The molecule has 5 rings (SSSR count). The van der Waals surface area contributed by atoms with E-state index in [1.807, 2.05) is 18.4 Å². The summed E-state index contributed by atoms with van der Waals surface area (Å²) < 4.78 is 43.6. The number of benzene rings is 1. The van der Waals surface area contributed by atoms with Gasteiger partial charge in [-0.2, -0.15) is 0 Å². The molecule has 0 amide bonds. The lowest BCUT2D eigenvalue weighted by atomic mass is 9.97. The first-order valence-corrected chi connectivity index (χ1v) is 10.4. The highest BCUT2D eigenvalue weighted by molar-refractivity contribution is 7.15. The van der Waals surface area contributed by atoms with E-state index >= 15 is 0 Å². The summed E-state index contributed by atoms with van der Waals surface area (Å²) in [7, 11) is 0. The number of hydrogen-bond donors (Lipinski definition) is 0. The third-order valence-electron chi connectivity index (χ3n) is 5.53. The quantitative estimate of drug-likeness (QED) is 0.545. The number of nitrogens with zero attached hydrogens (tertiary/aromatic N) is 4.